The molecule has 0 saturated heterocycles. The molecule has 9 heteroatoms. The van der Waals surface area contributed by atoms with E-state index >= 15 is 0 Å². The first-order valence-electron chi connectivity index (χ1n) is 9.80. The third-order valence-corrected chi connectivity index (χ3v) is 5.02. The fraction of sp³-hybridized carbons (Fsp3) is 0.476. The van der Waals surface area contributed by atoms with Gasteiger partial charge in [0.05, 0.1) is 19.3 Å². The van der Waals surface area contributed by atoms with Crippen molar-refractivity contribution in [3.8, 4) is 11.8 Å². The molecule has 7 nitrogen and oxygen atoms in total. The van der Waals surface area contributed by atoms with E-state index in [1.54, 1.807) is 12.1 Å². The molecule has 2 aromatic rings. The minimum Gasteiger partial charge on any atom is -0.476 e. The number of amides is 1. The van der Waals surface area contributed by atoms with Gasteiger partial charge in [0.2, 0.25) is 17.7 Å². The summed E-state index contributed by atoms with van der Waals surface area (Å²) >= 11 is 6.31. The largest absolute Gasteiger partial charge is 0.476 e. The van der Waals surface area contributed by atoms with Crippen LogP contribution in [-0.2, 0) is 16.1 Å². The van der Waals surface area contributed by atoms with Gasteiger partial charge in [-0.05, 0) is 43.4 Å². The molecule has 1 aliphatic rings. The lowest BCUT2D eigenvalue weighted by molar-refractivity contribution is -0.120. The smallest absolute Gasteiger partial charge is 0.240 e. The number of hydrogen-bond acceptors (Lipinski definition) is 6. The summed E-state index contributed by atoms with van der Waals surface area (Å²) in [4.78, 5) is 19.1. The lowest BCUT2D eigenvalue weighted by Gasteiger charge is -2.35. The highest BCUT2D eigenvalue weighted by molar-refractivity contribution is 6.33. The van der Waals surface area contributed by atoms with E-state index in [9.17, 15) is 9.18 Å². The fourth-order valence-electron chi connectivity index (χ4n) is 3.08. The first-order chi connectivity index (χ1) is 14.4. The number of hydrogen-bond donors (Lipinski definition) is 1. The molecule has 1 amide bonds. The van der Waals surface area contributed by atoms with Gasteiger partial charge >= 0.3 is 0 Å². The zero-order chi connectivity index (χ0) is 21.5. The van der Waals surface area contributed by atoms with Crippen LogP contribution < -0.4 is 14.8 Å². The Balaban J connectivity index is 1.40. The first kappa shape index (κ1) is 22.2. The second kappa shape index (κ2) is 10.5. The van der Waals surface area contributed by atoms with E-state index in [0.717, 1.165) is 18.4 Å². The van der Waals surface area contributed by atoms with Crippen molar-refractivity contribution < 1.29 is 23.4 Å². The molecule has 162 valence electrons. The monoisotopic (exact) mass is 437 g/mol. The minimum atomic E-state index is -0.305. The summed E-state index contributed by atoms with van der Waals surface area (Å²) in [5.41, 5.74) is 0.793. The van der Waals surface area contributed by atoms with Crippen LogP contribution in [0.5, 0.6) is 11.8 Å². The van der Waals surface area contributed by atoms with Crippen LogP contribution in [0.25, 0.3) is 0 Å². The lowest BCUT2D eigenvalue weighted by Crippen LogP contribution is -2.40. The Hall–Kier alpha value is -2.45. The molecule has 1 aliphatic carbocycles. The number of carbonyl (C=O) groups excluding carboxylic acids is 1. The van der Waals surface area contributed by atoms with E-state index < -0.39 is 0 Å². The average molecular weight is 438 g/mol. The third kappa shape index (κ3) is 6.53. The van der Waals surface area contributed by atoms with Crippen LogP contribution in [0.1, 0.15) is 32.3 Å². The fourth-order valence-corrected chi connectivity index (χ4v) is 3.29. The maximum Gasteiger partial charge on any atom is 0.240 e. The molecule has 1 saturated carbocycles. The van der Waals surface area contributed by atoms with E-state index in [4.69, 9.17) is 25.8 Å². The van der Waals surface area contributed by atoms with E-state index in [2.05, 4.69) is 15.3 Å². The molecule has 0 spiro atoms. The first-order valence-corrected chi connectivity index (χ1v) is 10.2. The number of carbonyl (C=O) groups is 1. The molecule has 0 radical (unpaired) electrons. The number of benzene rings is 1. The molecule has 0 unspecified atom stereocenters. The molecular weight excluding hydrogens is 413 g/mol. The van der Waals surface area contributed by atoms with Gasteiger partial charge in [-0.25, -0.2) is 14.4 Å². The Kier molecular flexibility index (Phi) is 7.81. The van der Waals surface area contributed by atoms with Crippen molar-refractivity contribution in [2.45, 2.75) is 45.4 Å². The van der Waals surface area contributed by atoms with Crippen LogP contribution in [-0.4, -0.2) is 41.2 Å². The van der Waals surface area contributed by atoms with Gasteiger partial charge in [0.15, 0.2) is 5.02 Å². The lowest BCUT2D eigenvalue weighted by atomic mass is 9.83. The molecule has 0 bridgehead atoms. The van der Waals surface area contributed by atoms with Crippen LogP contribution >= 0.6 is 11.6 Å². The normalized spacial score (nSPS) is 18.9. The molecule has 1 aromatic heterocycles. The van der Waals surface area contributed by atoms with Gasteiger partial charge in [-0.1, -0.05) is 23.7 Å². The summed E-state index contributed by atoms with van der Waals surface area (Å²) in [7, 11) is 0. The molecule has 3 rings (SSSR count). The van der Waals surface area contributed by atoms with E-state index in [0.29, 0.717) is 19.1 Å². The number of nitrogens with one attached hydrogen (secondary N) is 1. The Labute approximate surface area is 179 Å². The molecule has 1 atom stereocenters. The molecule has 1 N–H and O–H groups in total. The summed E-state index contributed by atoms with van der Waals surface area (Å²) in [5, 5.41) is 3.00. The number of nitrogens with zero attached hydrogens (tertiary/aromatic N) is 2. The van der Waals surface area contributed by atoms with Gasteiger partial charge < -0.3 is 19.5 Å². The molecular formula is C21H25ClFN3O4. The van der Waals surface area contributed by atoms with E-state index in [1.165, 1.54) is 25.4 Å². The zero-order valence-corrected chi connectivity index (χ0v) is 17.7. The zero-order valence-electron chi connectivity index (χ0n) is 16.9. The van der Waals surface area contributed by atoms with Gasteiger partial charge in [0.25, 0.3) is 0 Å². The van der Waals surface area contributed by atoms with Crippen molar-refractivity contribution in [2.24, 2.45) is 5.92 Å². The van der Waals surface area contributed by atoms with Gasteiger partial charge in [-0.2, -0.15) is 0 Å². The van der Waals surface area contributed by atoms with E-state index in [-0.39, 0.29) is 47.3 Å². The van der Waals surface area contributed by atoms with Crippen LogP contribution in [0.3, 0.4) is 0 Å². The standard InChI is InChI=1S/C21H25ClFN3O4/c1-13(26-14(2)27)9-28-18-7-16(8-18)11-30-21-19(22)20(24-12-25-21)29-10-15-3-5-17(23)6-4-15/h3-6,12-13,16,18H,7-11H2,1-2H3,(H,26,27)/t13-,16?,18?/m0/s1. The molecule has 1 aromatic carbocycles. The molecule has 0 aliphatic heterocycles. The van der Waals surface area contributed by atoms with Gasteiger partial charge in [0, 0.05) is 13.0 Å². The summed E-state index contributed by atoms with van der Waals surface area (Å²) in [6.45, 7) is 4.56. The molecule has 30 heavy (non-hydrogen) atoms. The van der Waals surface area contributed by atoms with Crippen molar-refractivity contribution in [1.82, 2.24) is 15.3 Å². The SMILES string of the molecule is CC(=O)N[C@@H](C)COC1CC(COc2ncnc(OCc3ccc(F)cc3)c2Cl)C1. The van der Waals surface area contributed by atoms with Crippen LogP contribution in [0.2, 0.25) is 5.02 Å². The summed E-state index contributed by atoms with van der Waals surface area (Å²) in [6.07, 6.45) is 3.26. The van der Waals surface area contributed by atoms with Gasteiger partial charge in [-0.3, -0.25) is 4.79 Å². The Bertz CT molecular complexity index is 847. The predicted molar refractivity (Wildman–Crippen MR) is 109 cm³/mol. The summed E-state index contributed by atoms with van der Waals surface area (Å²) in [6, 6.07) is 5.99. The second-order valence-electron chi connectivity index (χ2n) is 7.42. The maximum atomic E-state index is 13.0. The highest BCUT2D eigenvalue weighted by atomic mass is 35.5. The Morgan fingerprint density at radius 1 is 1.23 bits per heavy atom. The number of ether oxygens (including phenoxy) is 3. The van der Waals surface area contributed by atoms with Crippen molar-refractivity contribution in [2.75, 3.05) is 13.2 Å². The third-order valence-electron chi connectivity index (χ3n) is 4.69. The van der Waals surface area contributed by atoms with Crippen molar-refractivity contribution in [1.29, 1.82) is 0 Å². The molecule has 1 fully saturated rings. The minimum absolute atomic E-state index is 0.00837. The maximum absolute atomic E-state index is 13.0. The Morgan fingerprint density at radius 3 is 2.57 bits per heavy atom. The summed E-state index contributed by atoms with van der Waals surface area (Å²) in [5.74, 6) is 0.465. The number of rotatable bonds is 10. The number of aromatic nitrogens is 2. The highest BCUT2D eigenvalue weighted by Gasteiger charge is 2.31. The van der Waals surface area contributed by atoms with Crippen molar-refractivity contribution >= 4 is 17.5 Å². The number of halogens is 2. The average Bonchev–Trinajstić information content (AvgIpc) is 2.67. The second-order valence-corrected chi connectivity index (χ2v) is 7.80. The highest BCUT2D eigenvalue weighted by Crippen LogP contribution is 2.34. The topological polar surface area (TPSA) is 82.6 Å². The van der Waals surface area contributed by atoms with Crippen LogP contribution in [0.15, 0.2) is 30.6 Å². The molecule has 1 heterocycles. The predicted octanol–water partition coefficient (Wildman–Crippen LogP) is 3.55. The Morgan fingerprint density at radius 2 is 1.90 bits per heavy atom. The van der Waals surface area contributed by atoms with Gasteiger partial charge in [0.1, 0.15) is 18.8 Å². The van der Waals surface area contributed by atoms with Crippen molar-refractivity contribution in [3.63, 3.8) is 0 Å². The summed E-state index contributed by atoms with van der Waals surface area (Å²) < 4.78 is 30.1. The van der Waals surface area contributed by atoms with Crippen LogP contribution in [0, 0.1) is 11.7 Å². The van der Waals surface area contributed by atoms with Crippen LogP contribution in [0.4, 0.5) is 4.39 Å². The quantitative estimate of drug-likeness (QED) is 0.612. The van der Waals surface area contributed by atoms with Gasteiger partial charge in [-0.15, -0.1) is 0 Å². The van der Waals surface area contributed by atoms with Crippen molar-refractivity contribution in [3.05, 3.63) is 47.0 Å². The van der Waals surface area contributed by atoms with E-state index in [1.807, 2.05) is 6.92 Å².